The van der Waals surface area contributed by atoms with E-state index in [1.165, 1.54) is 37.4 Å². The van der Waals surface area contributed by atoms with Gasteiger partial charge >= 0.3 is 13.1 Å². The van der Waals surface area contributed by atoms with E-state index in [1.807, 2.05) is 0 Å². The fraction of sp³-hybridized carbons (Fsp3) is 0.250. The fourth-order valence-electron chi connectivity index (χ4n) is 3.65. The van der Waals surface area contributed by atoms with Crippen LogP contribution in [0.2, 0.25) is 0 Å². The van der Waals surface area contributed by atoms with Crippen LogP contribution < -0.4 is 10.8 Å². The summed E-state index contributed by atoms with van der Waals surface area (Å²) in [6.07, 6.45) is 1.09. The molecule has 4 N–H and O–H groups in total. The summed E-state index contributed by atoms with van der Waals surface area (Å²) in [5.74, 6) is -1.14. The van der Waals surface area contributed by atoms with E-state index in [9.17, 15) is 29.5 Å². The van der Waals surface area contributed by atoms with Crippen molar-refractivity contribution in [2.24, 2.45) is 5.92 Å². The molecule has 1 aliphatic carbocycles. The molecule has 2 aromatic rings. The predicted molar refractivity (Wildman–Crippen MR) is 104 cm³/mol. The largest absolute Gasteiger partial charge is 0.508 e. The lowest BCUT2D eigenvalue weighted by atomic mass is 9.64. The van der Waals surface area contributed by atoms with E-state index in [-0.39, 0.29) is 34.2 Å². The van der Waals surface area contributed by atoms with Gasteiger partial charge in [-0.2, -0.15) is 0 Å². The van der Waals surface area contributed by atoms with Crippen LogP contribution in [0.4, 0.5) is 0 Å². The Morgan fingerprint density at radius 2 is 1.83 bits per heavy atom. The zero-order valence-electron chi connectivity index (χ0n) is 15.7. The Hall–Kier alpha value is -3.17. The monoisotopic (exact) mass is 397 g/mol. The Morgan fingerprint density at radius 3 is 2.38 bits per heavy atom. The number of methoxy groups -OCH3 is 1. The third-order valence-corrected chi connectivity index (χ3v) is 5.25. The van der Waals surface area contributed by atoms with Gasteiger partial charge in [-0.25, -0.2) is 0 Å². The van der Waals surface area contributed by atoms with E-state index < -0.39 is 18.6 Å². The van der Waals surface area contributed by atoms with Crippen LogP contribution in [0.15, 0.2) is 42.5 Å². The van der Waals surface area contributed by atoms with E-state index in [1.54, 1.807) is 12.1 Å². The number of aldehydes is 1. The molecule has 1 saturated carbocycles. The minimum Gasteiger partial charge on any atom is -0.508 e. The molecule has 29 heavy (non-hydrogen) atoms. The molecule has 9 heteroatoms. The normalized spacial score (nSPS) is 20.3. The summed E-state index contributed by atoms with van der Waals surface area (Å²) in [5, 5.41) is 31.1. The summed E-state index contributed by atoms with van der Waals surface area (Å²) in [7, 11) is -0.525. The smallest absolute Gasteiger partial charge is 0.489 e. The highest BCUT2D eigenvalue weighted by molar-refractivity contribution is 6.60. The minimum atomic E-state index is -1.83. The number of nitrogens with one attached hydrogen (secondary N) is 1. The van der Waals surface area contributed by atoms with E-state index in [0.29, 0.717) is 19.1 Å². The molecule has 0 heterocycles. The topological polar surface area (TPSA) is 133 Å². The van der Waals surface area contributed by atoms with Gasteiger partial charge < -0.3 is 25.2 Å². The second kappa shape index (κ2) is 8.06. The molecule has 0 atom stereocenters. The van der Waals surface area contributed by atoms with E-state index in [0.717, 1.165) is 5.56 Å². The summed E-state index contributed by atoms with van der Waals surface area (Å²) in [6, 6.07) is 10.3. The number of hydrogen-bond acceptors (Lipinski definition) is 7. The van der Waals surface area contributed by atoms with Gasteiger partial charge in [0.2, 0.25) is 0 Å². The van der Waals surface area contributed by atoms with Gasteiger partial charge in [0.15, 0.2) is 0 Å². The molecule has 150 valence electrons. The second-order valence-electron chi connectivity index (χ2n) is 7.05. The van der Waals surface area contributed by atoms with Gasteiger partial charge in [0, 0.05) is 11.1 Å². The molecule has 0 aromatic heterocycles. The number of hydrogen-bond donors (Lipinski definition) is 4. The first-order chi connectivity index (χ1) is 13.8. The highest BCUT2D eigenvalue weighted by atomic mass is 16.5. The molecule has 2 aromatic carbocycles. The number of carbonyl (C=O) groups excluding carboxylic acids is 3. The first-order valence-corrected chi connectivity index (χ1v) is 8.95. The van der Waals surface area contributed by atoms with Gasteiger partial charge in [-0.05, 0) is 48.1 Å². The third kappa shape index (κ3) is 4.01. The van der Waals surface area contributed by atoms with Crippen molar-refractivity contribution >= 4 is 30.7 Å². The zero-order valence-corrected chi connectivity index (χ0v) is 15.7. The molecule has 0 radical (unpaired) electrons. The summed E-state index contributed by atoms with van der Waals surface area (Å²) >= 11 is 0. The summed E-state index contributed by atoms with van der Waals surface area (Å²) in [5.41, 5.74) is 0.0460. The first-order valence-electron chi connectivity index (χ1n) is 8.95. The van der Waals surface area contributed by atoms with Crippen molar-refractivity contribution in [1.29, 1.82) is 0 Å². The van der Waals surface area contributed by atoms with Crippen LogP contribution in [0, 0.1) is 5.92 Å². The van der Waals surface area contributed by atoms with E-state index in [4.69, 9.17) is 4.74 Å². The van der Waals surface area contributed by atoms with Crippen molar-refractivity contribution in [1.82, 2.24) is 5.32 Å². The Morgan fingerprint density at radius 1 is 1.17 bits per heavy atom. The Labute approximate surface area is 167 Å². The number of benzene rings is 2. The number of rotatable bonds is 6. The van der Waals surface area contributed by atoms with Crippen molar-refractivity contribution in [2.75, 3.05) is 7.11 Å². The minimum absolute atomic E-state index is 0.000743. The van der Waals surface area contributed by atoms with Crippen LogP contribution in [-0.2, 0) is 15.1 Å². The highest BCUT2D eigenvalue weighted by Gasteiger charge is 2.50. The molecule has 1 amide bonds. The molecular formula is C20H20BNO7. The Bertz CT molecular complexity index is 936. The summed E-state index contributed by atoms with van der Waals surface area (Å²) < 4.78 is 4.78. The molecule has 8 nitrogen and oxygen atoms in total. The lowest BCUT2D eigenvalue weighted by Crippen LogP contribution is -2.56. The highest BCUT2D eigenvalue weighted by Crippen LogP contribution is 2.46. The number of amides is 1. The average molecular weight is 397 g/mol. The number of ether oxygens (including phenoxy) is 1. The van der Waals surface area contributed by atoms with E-state index in [2.05, 4.69) is 5.32 Å². The van der Waals surface area contributed by atoms with Gasteiger partial charge in [-0.1, -0.05) is 18.2 Å². The van der Waals surface area contributed by atoms with Crippen molar-refractivity contribution in [3.05, 3.63) is 59.2 Å². The molecule has 0 unspecified atom stereocenters. The lowest BCUT2D eigenvalue weighted by Gasteiger charge is -2.47. The zero-order chi connectivity index (χ0) is 21.2. The first kappa shape index (κ1) is 20.6. The molecule has 3 rings (SSSR count). The summed E-state index contributed by atoms with van der Waals surface area (Å²) in [6.45, 7) is 0. The maximum atomic E-state index is 12.9. The Kier molecular flexibility index (Phi) is 5.72. The number of carbonyl (C=O) groups is 3. The SMILES string of the molecule is COC(=O)C1CC(NC(=O)c2ccc(B(O)O)c(C=O)c2)(c2ccc(O)cc2)C1. The van der Waals surface area contributed by atoms with Crippen LogP contribution in [0.1, 0.15) is 39.1 Å². The molecule has 0 spiro atoms. The predicted octanol–water partition coefficient (Wildman–Crippen LogP) is 0.0928. The molecule has 0 aliphatic heterocycles. The van der Waals surface area contributed by atoms with Crippen molar-refractivity contribution in [3.63, 3.8) is 0 Å². The van der Waals surface area contributed by atoms with Gasteiger partial charge in [-0.15, -0.1) is 0 Å². The lowest BCUT2D eigenvalue weighted by molar-refractivity contribution is -0.151. The van der Waals surface area contributed by atoms with E-state index >= 15 is 0 Å². The number of phenols is 1. The van der Waals surface area contributed by atoms with Gasteiger partial charge in [0.1, 0.15) is 12.0 Å². The van der Waals surface area contributed by atoms with Gasteiger partial charge in [0.05, 0.1) is 18.6 Å². The van der Waals surface area contributed by atoms with Crippen molar-refractivity contribution in [2.45, 2.75) is 18.4 Å². The quantitative estimate of drug-likeness (QED) is 0.309. The van der Waals surface area contributed by atoms with Crippen LogP contribution in [-0.4, -0.2) is 47.5 Å². The fourth-order valence-corrected chi connectivity index (χ4v) is 3.65. The maximum Gasteiger partial charge on any atom is 0.489 e. The molecule has 1 aliphatic rings. The van der Waals surface area contributed by atoms with Crippen LogP contribution in [0.3, 0.4) is 0 Å². The van der Waals surface area contributed by atoms with Crippen LogP contribution in [0.25, 0.3) is 0 Å². The standard InChI is InChI=1S/C20H20BNO7/c1-29-19(26)14-9-20(10-14,15-3-5-16(24)6-4-15)22-18(25)12-2-7-17(21(27)28)13(8-12)11-23/h2-8,11,14,24,27-28H,9-10H2,1H3,(H,22,25). The van der Waals surface area contributed by atoms with Crippen molar-refractivity contribution < 1.29 is 34.3 Å². The molecular weight excluding hydrogens is 377 g/mol. The second-order valence-corrected chi connectivity index (χ2v) is 7.05. The number of phenolic OH excluding ortho intramolecular Hbond substituents is 1. The number of aromatic hydroxyl groups is 1. The summed E-state index contributed by atoms with van der Waals surface area (Å²) in [4.78, 5) is 36.0. The molecule has 1 fully saturated rings. The van der Waals surface area contributed by atoms with Gasteiger partial charge in [0.25, 0.3) is 5.91 Å². The van der Waals surface area contributed by atoms with Crippen LogP contribution in [0.5, 0.6) is 5.75 Å². The Balaban J connectivity index is 1.89. The van der Waals surface area contributed by atoms with Gasteiger partial charge in [-0.3, -0.25) is 14.4 Å². The third-order valence-electron chi connectivity index (χ3n) is 5.25. The molecule has 0 saturated heterocycles. The molecule has 0 bridgehead atoms. The average Bonchev–Trinajstić information content (AvgIpc) is 2.69. The number of esters is 1. The van der Waals surface area contributed by atoms with Crippen LogP contribution >= 0.6 is 0 Å². The van der Waals surface area contributed by atoms with Crippen molar-refractivity contribution in [3.8, 4) is 5.75 Å². The maximum absolute atomic E-state index is 12.9.